The Hall–Kier alpha value is -1.03. The Morgan fingerprint density at radius 2 is 1.74 bits per heavy atom. The maximum Gasteiger partial charge on any atom is 0.416 e. The van der Waals surface area contributed by atoms with E-state index in [9.17, 15) is 13.2 Å². The average molecular weight is 271 g/mol. The molecule has 0 heterocycles. The molecule has 0 spiro atoms. The summed E-state index contributed by atoms with van der Waals surface area (Å²) in [6, 6.07) is 5.16. The summed E-state index contributed by atoms with van der Waals surface area (Å²) in [6.45, 7) is 0. The first kappa shape index (κ1) is 14.4. The summed E-state index contributed by atoms with van der Waals surface area (Å²) >= 11 is 0. The van der Waals surface area contributed by atoms with Gasteiger partial charge in [-0.05, 0) is 24.0 Å². The predicted molar refractivity (Wildman–Crippen MR) is 69.6 cm³/mol. The molecule has 1 aliphatic rings. The number of benzene rings is 1. The van der Waals surface area contributed by atoms with E-state index in [1.165, 1.54) is 31.4 Å². The van der Waals surface area contributed by atoms with Gasteiger partial charge in [-0.3, -0.25) is 0 Å². The van der Waals surface area contributed by atoms with Gasteiger partial charge in [0.1, 0.15) is 0 Å². The molecule has 1 aromatic carbocycles. The van der Waals surface area contributed by atoms with E-state index in [0.717, 1.165) is 18.9 Å². The van der Waals surface area contributed by atoms with Crippen molar-refractivity contribution in [3.63, 3.8) is 0 Å². The third-order valence-electron chi connectivity index (χ3n) is 3.98. The summed E-state index contributed by atoms with van der Waals surface area (Å²) in [5.41, 5.74) is 5.68. The van der Waals surface area contributed by atoms with Gasteiger partial charge in [-0.2, -0.15) is 13.2 Å². The maximum atomic E-state index is 12.9. The molecule has 1 saturated carbocycles. The van der Waals surface area contributed by atoms with Crippen molar-refractivity contribution in [3.05, 3.63) is 35.4 Å². The highest BCUT2D eigenvalue weighted by Crippen LogP contribution is 2.37. The Kier molecular flexibility index (Phi) is 4.50. The van der Waals surface area contributed by atoms with Crippen LogP contribution in [-0.2, 0) is 6.18 Å². The van der Waals surface area contributed by atoms with E-state index in [-0.39, 0.29) is 5.56 Å². The molecule has 2 N–H and O–H groups in total. The second kappa shape index (κ2) is 5.95. The van der Waals surface area contributed by atoms with Gasteiger partial charge in [-0.1, -0.05) is 50.3 Å². The molecular weight excluding hydrogens is 251 g/mol. The highest BCUT2D eigenvalue weighted by molar-refractivity contribution is 5.32. The Balaban J connectivity index is 2.12. The van der Waals surface area contributed by atoms with Crippen molar-refractivity contribution in [1.82, 2.24) is 0 Å². The van der Waals surface area contributed by atoms with Crippen molar-refractivity contribution in [2.45, 2.75) is 50.7 Å². The summed E-state index contributed by atoms with van der Waals surface area (Å²) in [6.07, 6.45) is 2.14. The van der Waals surface area contributed by atoms with Crippen LogP contribution in [0.25, 0.3) is 0 Å². The van der Waals surface area contributed by atoms with E-state index < -0.39 is 17.8 Å². The first-order valence-corrected chi connectivity index (χ1v) is 6.90. The van der Waals surface area contributed by atoms with E-state index in [1.807, 2.05) is 0 Å². The molecule has 1 aromatic rings. The predicted octanol–water partition coefficient (Wildman–Crippen LogP) is 4.68. The lowest BCUT2D eigenvalue weighted by molar-refractivity contribution is -0.138. The van der Waals surface area contributed by atoms with Crippen LogP contribution in [-0.4, -0.2) is 0 Å². The Labute approximate surface area is 112 Å². The second-order valence-corrected chi connectivity index (χ2v) is 5.43. The van der Waals surface area contributed by atoms with Crippen LogP contribution < -0.4 is 5.73 Å². The molecule has 0 aromatic heterocycles. The van der Waals surface area contributed by atoms with Gasteiger partial charge < -0.3 is 5.73 Å². The Morgan fingerprint density at radius 3 is 2.37 bits per heavy atom. The molecule has 1 aliphatic carbocycles. The second-order valence-electron chi connectivity index (χ2n) is 5.43. The van der Waals surface area contributed by atoms with Gasteiger partial charge in [-0.25, -0.2) is 0 Å². The molecule has 0 bridgehead atoms. The van der Waals surface area contributed by atoms with Gasteiger partial charge in [0.05, 0.1) is 5.56 Å². The molecule has 4 heteroatoms. The van der Waals surface area contributed by atoms with Crippen LogP contribution in [0.2, 0.25) is 0 Å². The normalized spacial score (nSPS) is 19.4. The third kappa shape index (κ3) is 3.72. The van der Waals surface area contributed by atoms with Crippen molar-refractivity contribution in [3.8, 4) is 0 Å². The van der Waals surface area contributed by atoms with Crippen LogP contribution in [0.1, 0.15) is 55.7 Å². The van der Waals surface area contributed by atoms with E-state index in [2.05, 4.69) is 0 Å². The lowest BCUT2D eigenvalue weighted by atomic mass is 9.83. The van der Waals surface area contributed by atoms with E-state index in [4.69, 9.17) is 5.73 Å². The van der Waals surface area contributed by atoms with Gasteiger partial charge in [0.25, 0.3) is 0 Å². The lowest BCUT2D eigenvalue weighted by Crippen LogP contribution is -2.21. The Morgan fingerprint density at radius 1 is 1.11 bits per heavy atom. The largest absolute Gasteiger partial charge is 0.416 e. The quantitative estimate of drug-likeness (QED) is 0.849. The average Bonchev–Trinajstić information content (AvgIpc) is 2.39. The minimum atomic E-state index is -4.32. The molecule has 2 rings (SSSR count). The van der Waals surface area contributed by atoms with Crippen LogP contribution in [0.3, 0.4) is 0 Å². The topological polar surface area (TPSA) is 26.0 Å². The van der Waals surface area contributed by atoms with Crippen LogP contribution in [0.4, 0.5) is 13.2 Å². The summed E-state index contributed by atoms with van der Waals surface area (Å²) < 4.78 is 38.8. The SMILES string of the molecule is NC(CC1CCCCC1)c1ccccc1C(F)(F)F. The zero-order valence-corrected chi connectivity index (χ0v) is 10.9. The van der Waals surface area contributed by atoms with Crippen molar-refractivity contribution < 1.29 is 13.2 Å². The number of hydrogen-bond acceptors (Lipinski definition) is 1. The molecule has 0 aliphatic heterocycles. The zero-order valence-electron chi connectivity index (χ0n) is 10.9. The van der Waals surface area contributed by atoms with Crippen LogP contribution >= 0.6 is 0 Å². The number of rotatable bonds is 3. The van der Waals surface area contributed by atoms with Crippen molar-refractivity contribution in [1.29, 1.82) is 0 Å². The monoisotopic (exact) mass is 271 g/mol. The summed E-state index contributed by atoms with van der Waals surface area (Å²) in [5.74, 6) is 0.477. The lowest BCUT2D eigenvalue weighted by Gasteiger charge is -2.26. The number of nitrogens with two attached hydrogens (primary N) is 1. The molecule has 1 atom stereocenters. The van der Waals surface area contributed by atoms with Crippen molar-refractivity contribution in [2.75, 3.05) is 0 Å². The molecule has 0 radical (unpaired) electrons. The fourth-order valence-electron chi connectivity index (χ4n) is 2.99. The molecule has 0 amide bonds. The summed E-state index contributed by atoms with van der Waals surface area (Å²) in [7, 11) is 0. The molecule has 19 heavy (non-hydrogen) atoms. The van der Waals surface area contributed by atoms with Gasteiger partial charge in [0.2, 0.25) is 0 Å². The fourth-order valence-corrected chi connectivity index (χ4v) is 2.99. The first-order chi connectivity index (χ1) is 8.98. The molecule has 1 fully saturated rings. The summed E-state index contributed by atoms with van der Waals surface area (Å²) in [4.78, 5) is 0. The van der Waals surface area contributed by atoms with Gasteiger partial charge >= 0.3 is 6.18 Å². The molecule has 106 valence electrons. The minimum Gasteiger partial charge on any atom is -0.324 e. The van der Waals surface area contributed by atoms with E-state index in [1.54, 1.807) is 6.07 Å². The number of hydrogen-bond donors (Lipinski definition) is 1. The minimum absolute atomic E-state index is 0.237. The smallest absolute Gasteiger partial charge is 0.324 e. The molecular formula is C15H20F3N. The molecule has 1 unspecified atom stereocenters. The zero-order chi connectivity index (χ0) is 13.9. The standard InChI is InChI=1S/C15H20F3N/c16-15(17,18)13-9-5-4-8-12(13)14(19)10-11-6-2-1-3-7-11/h4-5,8-9,11,14H,1-3,6-7,10,19H2. The third-order valence-corrected chi connectivity index (χ3v) is 3.98. The molecule has 0 saturated heterocycles. The van der Waals surface area contributed by atoms with Gasteiger partial charge in [-0.15, -0.1) is 0 Å². The maximum absolute atomic E-state index is 12.9. The number of alkyl halides is 3. The Bertz CT molecular complexity index is 408. The van der Waals surface area contributed by atoms with E-state index in [0.29, 0.717) is 12.3 Å². The highest BCUT2D eigenvalue weighted by Gasteiger charge is 2.34. The van der Waals surface area contributed by atoms with Crippen LogP contribution in [0.5, 0.6) is 0 Å². The van der Waals surface area contributed by atoms with Crippen LogP contribution in [0.15, 0.2) is 24.3 Å². The fraction of sp³-hybridized carbons (Fsp3) is 0.600. The van der Waals surface area contributed by atoms with Crippen LogP contribution in [0, 0.1) is 5.92 Å². The summed E-state index contributed by atoms with van der Waals surface area (Å²) in [5, 5.41) is 0. The molecule has 1 nitrogen and oxygen atoms in total. The first-order valence-electron chi connectivity index (χ1n) is 6.90. The highest BCUT2D eigenvalue weighted by atomic mass is 19.4. The van der Waals surface area contributed by atoms with Gasteiger partial charge in [0.15, 0.2) is 0 Å². The van der Waals surface area contributed by atoms with E-state index >= 15 is 0 Å². The number of halogens is 3. The van der Waals surface area contributed by atoms with Gasteiger partial charge in [0, 0.05) is 6.04 Å². The van der Waals surface area contributed by atoms with Crippen molar-refractivity contribution in [2.24, 2.45) is 11.7 Å². The van der Waals surface area contributed by atoms with Crippen molar-refractivity contribution >= 4 is 0 Å².